The van der Waals surface area contributed by atoms with Crippen molar-refractivity contribution < 1.29 is 0 Å². The van der Waals surface area contributed by atoms with E-state index in [1.54, 1.807) is 11.1 Å². The smallest absolute Gasteiger partial charge is 0.0728 e. The third-order valence-electron chi connectivity index (χ3n) is 19.7. The quantitative estimate of drug-likeness (QED) is 0.177. The van der Waals surface area contributed by atoms with E-state index in [0.717, 1.165) is 23.7 Å². The lowest BCUT2D eigenvalue weighted by molar-refractivity contribution is 0.00321. The number of rotatable bonds is 4. The highest BCUT2D eigenvalue weighted by Gasteiger charge is 2.66. The van der Waals surface area contributed by atoms with Crippen LogP contribution in [0.4, 0.5) is 0 Å². The fourth-order valence-electron chi connectivity index (χ4n) is 17.5. The number of nitrogens with zero attached hydrogens (tertiary/aromatic N) is 3. The molecule has 0 amide bonds. The van der Waals surface area contributed by atoms with Crippen LogP contribution in [0, 0.1) is 29.1 Å². The number of aromatic nitrogens is 3. The van der Waals surface area contributed by atoms with Crippen molar-refractivity contribution >= 4 is 48.9 Å². The van der Waals surface area contributed by atoms with Gasteiger partial charge in [0.15, 0.2) is 0 Å². The molecule has 7 unspecified atom stereocenters. The van der Waals surface area contributed by atoms with E-state index in [0.29, 0.717) is 29.1 Å². The Morgan fingerprint density at radius 2 is 0.970 bits per heavy atom. The number of hydrogen-bond donors (Lipinski definition) is 0. The zero-order valence-corrected chi connectivity index (χ0v) is 37.3. The summed E-state index contributed by atoms with van der Waals surface area (Å²) in [5, 5.41) is 8.66. The zero-order valence-electron chi connectivity index (χ0n) is 37.3. The minimum atomic E-state index is 0.556. The Hall–Kier alpha value is -6.32. The van der Waals surface area contributed by atoms with Gasteiger partial charge in [-0.2, -0.15) is 0 Å². The maximum absolute atomic E-state index is 5.71. The first-order valence-corrected chi connectivity index (χ1v) is 25.5. The molecular formula is C63H51N3. The van der Waals surface area contributed by atoms with Crippen LogP contribution in [0.25, 0.3) is 93.4 Å². The van der Waals surface area contributed by atoms with Crippen LogP contribution in [0.1, 0.15) is 110 Å². The molecule has 5 fully saturated rings. The SMILES string of the molecule is c1ccc(-c2ccccc2-c2ccc3c(-c4ccccc4-c4ccccc4)c4c5c6c(ncc5n5c7cnc8c(c7c(c3c2)c45)C2CC3CC4CC8CC43C2)C2CC3CC(C2)CC6C3)cc1. The summed E-state index contributed by atoms with van der Waals surface area (Å²) in [4.78, 5) is 11.4. The van der Waals surface area contributed by atoms with Crippen LogP contribution < -0.4 is 0 Å². The average Bonchev–Trinajstić information content (AvgIpc) is 4.01. The molecule has 3 heteroatoms. The Morgan fingerprint density at radius 1 is 0.424 bits per heavy atom. The first-order chi connectivity index (χ1) is 32.7. The summed E-state index contributed by atoms with van der Waals surface area (Å²) in [6.45, 7) is 0. The van der Waals surface area contributed by atoms with Crippen LogP contribution in [0.3, 0.4) is 0 Å². The lowest BCUT2D eigenvalue weighted by Crippen LogP contribution is -2.41. The second kappa shape index (κ2) is 12.6. The summed E-state index contributed by atoms with van der Waals surface area (Å²) in [6, 6.07) is 48.2. The Kier molecular flexibility index (Phi) is 6.83. The molecule has 8 aliphatic rings. The van der Waals surface area contributed by atoms with Crippen LogP contribution in [0.2, 0.25) is 0 Å². The number of pyridine rings is 2. The van der Waals surface area contributed by atoms with Gasteiger partial charge in [-0.3, -0.25) is 9.97 Å². The molecule has 0 aliphatic heterocycles. The summed E-state index contributed by atoms with van der Waals surface area (Å²) in [5.74, 6) is 5.72. The van der Waals surface area contributed by atoms with Gasteiger partial charge in [0.05, 0.1) is 28.9 Å². The van der Waals surface area contributed by atoms with Crippen molar-refractivity contribution in [3.63, 3.8) is 0 Å². The summed E-state index contributed by atoms with van der Waals surface area (Å²) in [5.41, 5.74) is 21.0. The predicted octanol–water partition coefficient (Wildman–Crippen LogP) is 16.2. The number of fused-ring (bicyclic) bond motifs is 14. The van der Waals surface area contributed by atoms with Gasteiger partial charge in [0.25, 0.3) is 0 Å². The van der Waals surface area contributed by atoms with Crippen LogP contribution in [-0.2, 0) is 0 Å². The Morgan fingerprint density at radius 3 is 1.67 bits per heavy atom. The van der Waals surface area contributed by atoms with Crippen molar-refractivity contribution in [1.29, 1.82) is 0 Å². The standard InChI is InChI=1S/C63H51N3/c1-3-11-36(12-4-1)45-15-7-8-17-47(45)38-19-20-49-50(28-38)56-57-51(32-65-61-42-27-44-29-43-26-41(54(57)61)30-63(43,44)31-42)66-52-33-64-60-40-24-34-21-35(25-40)23-39(22-34)53(60)58(52)59(62(56)66)55(49)48-18-10-9-16-46(48)37-13-5-2-6-14-37/h1-20,28,32-35,39-44H,21-27,29-31H2. The van der Waals surface area contributed by atoms with E-state index in [2.05, 4.69) is 144 Å². The molecule has 0 N–H and O–H groups in total. The fraction of sp³-hybridized carbons (Fsp3) is 0.302. The summed E-state index contributed by atoms with van der Waals surface area (Å²) >= 11 is 0. The van der Waals surface area contributed by atoms with Crippen molar-refractivity contribution in [3.05, 3.63) is 162 Å². The van der Waals surface area contributed by atoms with Crippen LogP contribution in [-0.4, -0.2) is 14.4 Å². The van der Waals surface area contributed by atoms with Crippen molar-refractivity contribution in [2.45, 2.75) is 87.9 Å². The largest absolute Gasteiger partial charge is 0.305 e. The van der Waals surface area contributed by atoms with Crippen molar-refractivity contribution in [2.24, 2.45) is 29.1 Å². The van der Waals surface area contributed by atoms with E-state index in [1.807, 2.05) is 0 Å². The van der Waals surface area contributed by atoms with Gasteiger partial charge in [0.2, 0.25) is 0 Å². The molecule has 6 aromatic carbocycles. The molecule has 7 bridgehead atoms. The van der Waals surface area contributed by atoms with E-state index in [-0.39, 0.29) is 0 Å². The normalized spacial score (nSPS) is 28.7. The van der Waals surface area contributed by atoms with E-state index >= 15 is 0 Å². The number of hydrogen-bond acceptors (Lipinski definition) is 2. The molecule has 4 aromatic heterocycles. The van der Waals surface area contributed by atoms with Gasteiger partial charge in [-0.15, -0.1) is 0 Å². The van der Waals surface area contributed by atoms with Gasteiger partial charge >= 0.3 is 0 Å². The van der Waals surface area contributed by atoms with E-state index in [9.17, 15) is 0 Å². The van der Waals surface area contributed by atoms with Gasteiger partial charge in [0, 0.05) is 50.3 Å². The summed E-state index contributed by atoms with van der Waals surface area (Å²) in [6.07, 6.45) is 18.2. The predicted molar refractivity (Wildman–Crippen MR) is 269 cm³/mol. The van der Waals surface area contributed by atoms with Gasteiger partial charge in [0.1, 0.15) is 0 Å². The van der Waals surface area contributed by atoms with Crippen LogP contribution in [0.15, 0.2) is 140 Å². The molecule has 10 aromatic rings. The maximum atomic E-state index is 5.71. The van der Waals surface area contributed by atoms with E-state index in [4.69, 9.17) is 9.97 Å². The Bertz CT molecular complexity index is 3720. The van der Waals surface area contributed by atoms with Gasteiger partial charge in [-0.25, -0.2) is 0 Å². The van der Waals surface area contributed by atoms with Crippen LogP contribution in [0.5, 0.6) is 0 Å². The lowest BCUT2D eigenvalue weighted by Gasteiger charge is -2.48. The molecule has 7 atom stereocenters. The summed E-state index contributed by atoms with van der Waals surface area (Å²) in [7, 11) is 0. The molecule has 3 nitrogen and oxygen atoms in total. The molecule has 5 saturated carbocycles. The van der Waals surface area contributed by atoms with Gasteiger partial charge < -0.3 is 4.40 Å². The van der Waals surface area contributed by atoms with E-state index in [1.165, 1.54) is 169 Å². The highest BCUT2D eigenvalue weighted by atomic mass is 15.0. The second-order valence-electron chi connectivity index (χ2n) is 22.5. The van der Waals surface area contributed by atoms with E-state index < -0.39 is 0 Å². The van der Waals surface area contributed by atoms with Gasteiger partial charge in [-0.1, -0.05) is 121 Å². The fourth-order valence-corrected chi connectivity index (χ4v) is 17.5. The molecule has 66 heavy (non-hydrogen) atoms. The minimum Gasteiger partial charge on any atom is -0.305 e. The Balaban J connectivity index is 1.08. The molecule has 0 radical (unpaired) electrons. The number of benzene rings is 6. The summed E-state index contributed by atoms with van der Waals surface area (Å²) < 4.78 is 2.72. The highest BCUT2D eigenvalue weighted by Crippen LogP contribution is 2.76. The third kappa shape index (κ3) is 4.42. The maximum Gasteiger partial charge on any atom is 0.0728 e. The molecule has 18 rings (SSSR count). The minimum absolute atomic E-state index is 0.556. The Labute approximate surface area is 385 Å². The molecule has 318 valence electrons. The molecule has 1 spiro atoms. The second-order valence-corrected chi connectivity index (χ2v) is 22.5. The van der Waals surface area contributed by atoms with Crippen molar-refractivity contribution in [1.82, 2.24) is 14.4 Å². The highest BCUT2D eigenvalue weighted by molar-refractivity contribution is 6.37. The average molecular weight is 850 g/mol. The molecule has 8 aliphatic carbocycles. The molecule has 0 saturated heterocycles. The topological polar surface area (TPSA) is 30.2 Å². The molecular weight excluding hydrogens is 799 g/mol. The molecule has 4 heterocycles. The van der Waals surface area contributed by atoms with Crippen molar-refractivity contribution in [2.75, 3.05) is 0 Å². The lowest BCUT2D eigenvalue weighted by atomic mass is 9.56. The first-order valence-electron chi connectivity index (χ1n) is 25.5. The van der Waals surface area contributed by atoms with Crippen molar-refractivity contribution in [3.8, 4) is 44.5 Å². The van der Waals surface area contributed by atoms with Gasteiger partial charge in [-0.05, 0) is 172 Å². The van der Waals surface area contributed by atoms with Crippen LogP contribution >= 0.6 is 0 Å². The third-order valence-corrected chi connectivity index (χ3v) is 19.7. The first kappa shape index (κ1) is 35.9. The monoisotopic (exact) mass is 849 g/mol. The zero-order chi connectivity index (χ0) is 42.6.